The smallest absolute Gasteiger partial charge is 0.273 e. The summed E-state index contributed by atoms with van der Waals surface area (Å²) in [6, 6.07) is 5.73. The number of hydrogen-bond donors (Lipinski definition) is 1. The Morgan fingerprint density at radius 2 is 2.25 bits per heavy atom. The van der Waals surface area contributed by atoms with Gasteiger partial charge in [-0.3, -0.25) is 14.9 Å². The molecule has 20 heavy (non-hydrogen) atoms. The van der Waals surface area contributed by atoms with Crippen LogP contribution in [-0.2, 0) is 4.79 Å². The van der Waals surface area contributed by atoms with Gasteiger partial charge in [-0.05, 0) is 6.07 Å². The van der Waals surface area contributed by atoms with E-state index in [-0.39, 0.29) is 31.0 Å². The minimum absolute atomic E-state index is 0.108. The summed E-state index contributed by atoms with van der Waals surface area (Å²) in [5, 5.41) is 21.5. The predicted octanol–water partition coefficient (Wildman–Crippen LogP) is 1.01. The summed E-state index contributed by atoms with van der Waals surface area (Å²) in [5.41, 5.74) is -0.161. The molecule has 0 atom stereocenters. The van der Waals surface area contributed by atoms with E-state index in [0.29, 0.717) is 5.75 Å². The molecule has 0 unspecified atom stereocenters. The molecule has 0 radical (unpaired) electrons. The van der Waals surface area contributed by atoms with Gasteiger partial charge in [0.05, 0.1) is 30.6 Å². The van der Waals surface area contributed by atoms with Crippen molar-refractivity contribution in [3.63, 3.8) is 0 Å². The van der Waals surface area contributed by atoms with E-state index in [2.05, 4.69) is 5.32 Å². The number of nitro groups is 1. The molecule has 0 aliphatic heterocycles. The van der Waals surface area contributed by atoms with Gasteiger partial charge in [-0.1, -0.05) is 0 Å². The predicted molar refractivity (Wildman–Crippen MR) is 68.4 cm³/mol. The van der Waals surface area contributed by atoms with E-state index in [0.717, 1.165) is 0 Å². The topological polar surface area (TPSA) is 114 Å². The summed E-state index contributed by atoms with van der Waals surface area (Å²) in [6.45, 7) is -0.0896. The highest BCUT2D eigenvalue weighted by atomic mass is 16.6. The van der Waals surface area contributed by atoms with E-state index in [9.17, 15) is 14.9 Å². The average Bonchev–Trinajstić information content (AvgIpc) is 2.45. The zero-order valence-electron chi connectivity index (χ0n) is 10.8. The monoisotopic (exact) mass is 279 g/mol. The summed E-state index contributed by atoms with van der Waals surface area (Å²) in [6.07, 6.45) is 0.200. The van der Waals surface area contributed by atoms with Crippen molar-refractivity contribution in [2.24, 2.45) is 0 Å². The Kier molecular flexibility index (Phi) is 5.77. The quantitative estimate of drug-likeness (QED) is 0.452. The standard InChI is InChI=1S/C12H13N3O5/c1-19-10-4-3-9(15(17)18)7-11(10)20-8-12(16)14-6-2-5-13/h3-4,7H,2,6,8H2,1H3,(H,14,16). The Hall–Kier alpha value is -2.82. The first-order chi connectivity index (χ1) is 9.58. The first-order valence-corrected chi connectivity index (χ1v) is 5.67. The SMILES string of the molecule is COc1ccc([N+](=O)[O-])cc1OCC(=O)NCCC#N. The van der Waals surface area contributed by atoms with Crippen molar-refractivity contribution in [2.45, 2.75) is 6.42 Å². The first kappa shape index (κ1) is 15.2. The average molecular weight is 279 g/mol. The van der Waals surface area contributed by atoms with Crippen molar-refractivity contribution < 1.29 is 19.2 Å². The van der Waals surface area contributed by atoms with Gasteiger partial charge in [-0.15, -0.1) is 0 Å². The van der Waals surface area contributed by atoms with Gasteiger partial charge in [0.25, 0.3) is 11.6 Å². The summed E-state index contributed by atoms with van der Waals surface area (Å²) in [5.74, 6) is -0.0219. The number of nitriles is 1. The van der Waals surface area contributed by atoms with Crippen LogP contribution in [0.4, 0.5) is 5.69 Å². The van der Waals surface area contributed by atoms with Crippen LogP contribution in [-0.4, -0.2) is 31.1 Å². The van der Waals surface area contributed by atoms with Crippen LogP contribution in [0.5, 0.6) is 11.5 Å². The number of rotatable bonds is 7. The van der Waals surface area contributed by atoms with Crippen LogP contribution in [0.3, 0.4) is 0 Å². The van der Waals surface area contributed by atoms with Crippen LogP contribution in [0, 0.1) is 21.4 Å². The lowest BCUT2D eigenvalue weighted by molar-refractivity contribution is -0.385. The van der Waals surface area contributed by atoms with E-state index in [1.807, 2.05) is 6.07 Å². The molecule has 1 N–H and O–H groups in total. The van der Waals surface area contributed by atoms with E-state index >= 15 is 0 Å². The van der Waals surface area contributed by atoms with E-state index in [1.54, 1.807) is 0 Å². The number of carbonyl (C=O) groups is 1. The maximum atomic E-state index is 11.4. The number of carbonyl (C=O) groups excluding carboxylic acids is 1. The van der Waals surface area contributed by atoms with Crippen LogP contribution >= 0.6 is 0 Å². The van der Waals surface area contributed by atoms with Crippen LogP contribution in [0.15, 0.2) is 18.2 Å². The van der Waals surface area contributed by atoms with Crippen molar-refractivity contribution in [2.75, 3.05) is 20.3 Å². The fourth-order valence-electron chi connectivity index (χ4n) is 1.34. The Balaban J connectivity index is 2.66. The molecule has 0 aliphatic carbocycles. The normalized spacial score (nSPS) is 9.40. The second-order valence-corrected chi connectivity index (χ2v) is 3.64. The zero-order chi connectivity index (χ0) is 15.0. The van der Waals surface area contributed by atoms with Crippen LogP contribution in [0.2, 0.25) is 0 Å². The van der Waals surface area contributed by atoms with Crippen LogP contribution in [0.25, 0.3) is 0 Å². The molecule has 0 saturated carbocycles. The number of methoxy groups -OCH3 is 1. The highest BCUT2D eigenvalue weighted by Gasteiger charge is 2.13. The van der Waals surface area contributed by atoms with Gasteiger partial charge in [0.15, 0.2) is 18.1 Å². The minimum Gasteiger partial charge on any atom is -0.493 e. The molecule has 1 aromatic rings. The van der Waals surface area contributed by atoms with Crippen molar-refractivity contribution in [1.82, 2.24) is 5.32 Å². The molecule has 8 nitrogen and oxygen atoms in total. The number of nitrogens with zero attached hydrogens (tertiary/aromatic N) is 2. The van der Waals surface area contributed by atoms with Crippen molar-refractivity contribution >= 4 is 11.6 Å². The van der Waals surface area contributed by atoms with Gasteiger partial charge < -0.3 is 14.8 Å². The molecule has 0 bridgehead atoms. The molecule has 1 rings (SSSR count). The van der Waals surface area contributed by atoms with Gasteiger partial charge in [0, 0.05) is 12.6 Å². The van der Waals surface area contributed by atoms with Crippen molar-refractivity contribution in [3.05, 3.63) is 28.3 Å². The van der Waals surface area contributed by atoms with Gasteiger partial charge in [0.1, 0.15) is 0 Å². The molecular weight excluding hydrogens is 266 g/mol. The van der Waals surface area contributed by atoms with Crippen molar-refractivity contribution in [1.29, 1.82) is 5.26 Å². The Morgan fingerprint density at radius 3 is 2.85 bits per heavy atom. The Labute approximate surface area is 115 Å². The molecule has 1 aromatic carbocycles. The van der Waals surface area contributed by atoms with Gasteiger partial charge in [-0.2, -0.15) is 5.26 Å². The number of nitrogens with one attached hydrogen (secondary N) is 1. The molecule has 0 saturated heterocycles. The Morgan fingerprint density at radius 1 is 1.50 bits per heavy atom. The summed E-state index contributed by atoms with van der Waals surface area (Å²) >= 11 is 0. The molecule has 1 amide bonds. The highest BCUT2D eigenvalue weighted by molar-refractivity contribution is 5.77. The largest absolute Gasteiger partial charge is 0.493 e. The molecule has 106 valence electrons. The lowest BCUT2D eigenvalue weighted by Gasteiger charge is -2.10. The summed E-state index contributed by atoms with van der Waals surface area (Å²) in [4.78, 5) is 21.5. The molecule has 0 spiro atoms. The summed E-state index contributed by atoms with van der Waals surface area (Å²) < 4.78 is 10.2. The Bertz CT molecular complexity index is 538. The van der Waals surface area contributed by atoms with Gasteiger partial charge in [0.2, 0.25) is 0 Å². The third kappa shape index (κ3) is 4.45. The minimum atomic E-state index is -0.570. The zero-order valence-corrected chi connectivity index (χ0v) is 10.8. The second kappa shape index (κ2) is 7.58. The van der Waals surface area contributed by atoms with E-state index in [1.165, 1.54) is 25.3 Å². The third-order valence-electron chi connectivity index (χ3n) is 2.28. The number of nitro benzene ring substituents is 1. The fourth-order valence-corrected chi connectivity index (χ4v) is 1.34. The molecule has 0 aromatic heterocycles. The third-order valence-corrected chi connectivity index (χ3v) is 2.28. The number of benzene rings is 1. The first-order valence-electron chi connectivity index (χ1n) is 5.67. The van der Waals surface area contributed by atoms with Gasteiger partial charge in [-0.25, -0.2) is 0 Å². The van der Waals surface area contributed by atoms with E-state index < -0.39 is 10.8 Å². The van der Waals surface area contributed by atoms with Crippen molar-refractivity contribution in [3.8, 4) is 17.6 Å². The lowest BCUT2D eigenvalue weighted by atomic mass is 10.3. The maximum Gasteiger partial charge on any atom is 0.273 e. The molecule has 0 fully saturated rings. The van der Waals surface area contributed by atoms with Crippen LogP contribution < -0.4 is 14.8 Å². The number of amides is 1. The molecular formula is C12H13N3O5. The second-order valence-electron chi connectivity index (χ2n) is 3.64. The van der Waals surface area contributed by atoms with Gasteiger partial charge >= 0.3 is 0 Å². The molecule has 0 heterocycles. The van der Waals surface area contributed by atoms with Crippen LogP contribution in [0.1, 0.15) is 6.42 Å². The van der Waals surface area contributed by atoms with E-state index in [4.69, 9.17) is 14.7 Å². The highest BCUT2D eigenvalue weighted by Crippen LogP contribution is 2.30. The maximum absolute atomic E-state index is 11.4. The number of hydrogen-bond acceptors (Lipinski definition) is 6. The lowest BCUT2D eigenvalue weighted by Crippen LogP contribution is -2.29. The molecule has 0 aliphatic rings. The number of ether oxygens (including phenoxy) is 2. The molecule has 8 heteroatoms. The fraction of sp³-hybridized carbons (Fsp3) is 0.333. The number of non-ortho nitro benzene ring substituents is 1. The summed E-state index contributed by atoms with van der Waals surface area (Å²) in [7, 11) is 1.39.